The first-order chi connectivity index (χ1) is 8.00. The third-order valence-electron chi connectivity index (χ3n) is 2.96. The molecule has 5 nitrogen and oxygen atoms in total. The largest absolute Gasteiger partial charge is 0.506 e. The molecule has 0 saturated carbocycles. The van der Waals surface area contributed by atoms with E-state index >= 15 is 0 Å². The van der Waals surface area contributed by atoms with Gasteiger partial charge in [-0.2, -0.15) is 0 Å². The van der Waals surface area contributed by atoms with E-state index in [1.807, 2.05) is 0 Å². The molecule has 0 aliphatic carbocycles. The Morgan fingerprint density at radius 1 is 1.47 bits per heavy atom. The molecule has 5 heteroatoms. The number of rotatable bonds is 2. The monoisotopic (exact) mass is 235 g/mol. The molecule has 1 amide bonds. The van der Waals surface area contributed by atoms with Crippen LogP contribution in [0.25, 0.3) is 0 Å². The van der Waals surface area contributed by atoms with E-state index in [9.17, 15) is 14.7 Å². The van der Waals surface area contributed by atoms with Crippen LogP contribution in [-0.4, -0.2) is 28.6 Å². The third kappa shape index (κ3) is 1.95. The van der Waals surface area contributed by atoms with Crippen molar-refractivity contribution in [1.82, 2.24) is 0 Å². The summed E-state index contributed by atoms with van der Waals surface area (Å²) < 4.78 is 0. The van der Waals surface area contributed by atoms with Crippen molar-refractivity contribution < 1.29 is 19.8 Å². The van der Waals surface area contributed by atoms with Crippen LogP contribution in [-0.2, 0) is 9.59 Å². The van der Waals surface area contributed by atoms with Gasteiger partial charge in [0.05, 0.1) is 11.6 Å². The molecule has 1 aliphatic rings. The molecule has 2 N–H and O–H groups in total. The highest BCUT2D eigenvalue weighted by Gasteiger charge is 2.36. The van der Waals surface area contributed by atoms with Crippen molar-refractivity contribution in [2.24, 2.45) is 5.92 Å². The van der Waals surface area contributed by atoms with Crippen LogP contribution >= 0.6 is 0 Å². The maximum absolute atomic E-state index is 11.7. The minimum absolute atomic E-state index is 0.00406. The summed E-state index contributed by atoms with van der Waals surface area (Å²) in [5.41, 5.74) is 1.17. The van der Waals surface area contributed by atoms with Crippen molar-refractivity contribution in [2.75, 3.05) is 11.4 Å². The second-order valence-corrected chi connectivity index (χ2v) is 4.19. The van der Waals surface area contributed by atoms with Crippen molar-refractivity contribution in [2.45, 2.75) is 13.3 Å². The summed E-state index contributed by atoms with van der Waals surface area (Å²) in [7, 11) is 0. The Labute approximate surface area is 98.3 Å². The van der Waals surface area contributed by atoms with Crippen molar-refractivity contribution in [3.05, 3.63) is 23.8 Å². The molecule has 1 aliphatic heterocycles. The number of aromatic hydroxyl groups is 1. The predicted molar refractivity (Wildman–Crippen MR) is 60.9 cm³/mol. The molecule has 1 aromatic rings. The molecule has 90 valence electrons. The summed E-state index contributed by atoms with van der Waals surface area (Å²) in [5.74, 6) is -1.93. The Balaban J connectivity index is 2.35. The molecule has 2 rings (SSSR count). The van der Waals surface area contributed by atoms with Gasteiger partial charge in [0.1, 0.15) is 5.75 Å². The number of amides is 1. The van der Waals surface area contributed by atoms with E-state index in [0.717, 1.165) is 5.56 Å². The zero-order valence-electron chi connectivity index (χ0n) is 9.38. The summed E-state index contributed by atoms with van der Waals surface area (Å²) in [6, 6.07) is 4.95. The van der Waals surface area contributed by atoms with Gasteiger partial charge in [0.15, 0.2) is 0 Å². The first-order valence-electron chi connectivity index (χ1n) is 5.32. The van der Waals surface area contributed by atoms with Gasteiger partial charge in [0.2, 0.25) is 5.91 Å². The molecule has 0 aromatic heterocycles. The molecule has 1 fully saturated rings. The highest BCUT2D eigenvalue weighted by Crippen LogP contribution is 2.34. The second kappa shape index (κ2) is 4.08. The van der Waals surface area contributed by atoms with Crippen LogP contribution in [0.3, 0.4) is 0 Å². The van der Waals surface area contributed by atoms with Gasteiger partial charge in [-0.05, 0) is 18.6 Å². The van der Waals surface area contributed by atoms with Crippen LogP contribution in [0.15, 0.2) is 18.2 Å². The number of nitrogens with zero attached hydrogens (tertiary/aromatic N) is 1. The Kier molecular flexibility index (Phi) is 2.75. The van der Waals surface area contributed by atoms with Gasteiger partial charge in [-0.3, -0.25) is 9.59 Å². The number of hydrogen-bond acceptors (Lipinski definition) is 3. The van der Waals surface area contributed by atoms with Crippen LogP contribution in [0.5, 0.6) is 5.75 Å². The molecule has 1 atom stereocenters. The van der Waals surface area contributed by atoms with Crippen molar-refractivity contribution >= 4 is 17.6 Å². The maximum atomic E-state index is 11.7. The zero-order valence-corrected chi connectivity index (χ0v) is 9.38. The topological polar surface area (TPSA) is 77.8 Å². The SMILES string of the molecule is Cc1cccc(O)c1N1CC(C(=O)O)CC1=O. The van der Waals surface area contributed by atoms with Gasteiger partial charge in [-0.25, -0.2) is 0 Å². The van der Waals surface area contributed by atoms with E-state index in [1.165, 1.54) is 11.0 Å². The summed E-state index contributed by atoms with van der Waals surface area (Å²) >= 11 is 0. The lowest BCUT2D eigenvalue weighted by Gasteiger charge is -2.19. The molecule has 0 bridgehead atoms. The van der Waals surface area contributed by atoms with E-state index in [4.69, 9.17) is 5.11 Å². The number of anilines is 1. The minimum Gasteiger partial charge on any atom is -0.506 e. The predicted octanol–water partition coefficient (Wildman–Crippen LogP) is 1.14. The Morgan fingerprint density at radius 2 is 2.18 bits per heavy atom. The maximum Gasteiger partial charge on any atom is 0.308 e. The molecular weight excluding hydrogens is 222 g/mol. The zero-order chi connectivity index (χ0) is 12.6. The summed E-state index contributed by atoms with van der Waals surface area (Å²) in [5, 5.41) is 18.6. The molecule has 1 saturated heterocycles. The molecule has 1 aromatic carbocycles. The molecule has 0 spiro atoms. The van der Waals surface area contributed by atoms with Gasteiger partial charge in [0, 0.05) is 13.0 Å². The Hall–Kier alpha value is -2.04. The Bertz CT molecular complexity index is 463. The van der Waals surface area contributed by atoms with Crippen molar-refractivity contribution in [3.8, 4) is 5.75 Å². The average Bonchev–Trinajstić information content (AvgIpc) is 2.61. The molecular formula is C12H13NO4. The van der Waals surface area contributed by atoms with Crippen LogP contribution in [0.4, 0.5) is 5.69 Å². The number of carbonyl (C=O) groups is 2. The highest BCUT2D eigenvalue weighted by molar-refractivity contribution is 6.00. The standard InChI is InChI=1S/C12H13NO4/c1-7-3-2-4-9(14)11(7)13-6-8(12(16)17)5-10(13)15/h2-4,8,14H,5-6H2,1H3,(H,16,17). The first-order valence-corrected chi connectivity index (χ1v) is 5.32. The quantitative estimate of drug-likeness (QED) is 0.805. The van der Waals surface area contributed by atoms with Crippen LogP contribution < -0.4 is 4.90 Å². The summed E-state index contributed by atoms with van der Waals surface area (Å²) in [6.45, 7) is 1.89. The smallest absolute Gasteiger partial charge is 0.308 e. The number of hydrogen-bond donors (Lipinski definition) is 2. The van der Waals surface area contributed by atoms with E-state index < -0.39 is 11.9 Å². The fourth-order valence-electron chi connectivity index (χ4n) is 2.08. The number of aliphatic carboxylic acids is 1. The lowest BCUT2D eigenvalue weighted by Crippen LogP contribution is -2.26. The number of aryl methyl sites for hydroxylation is 1. The minimum atomic E-state index is -0.978. The first kappa shape index (κ1) is 11.4. The molecule has 17 heavy (non-hydrogen) atoms. The fraction of sp³-hybridized carbons (Fsp3) is 0.333. The van der Waals surface area contributed by atoms with Crippen molar-refractivity contribution in [1.29, 1.82) is 0 Å². The number of phenolic OH excluding ortho intramolecular Hbond substituents is 1. The summed E-state index contributed by atoms with van der Waals surface area (Å²) in [6.07, 6.45) is -0.0108. The van der Waals surface area contributed by atoms with E-state index in [-0.39, 0.29) is 24.6 Å². The Morgan fingerprint density at radius 3 is 2.71 bits per heavy atom. The van der Waals surface area contributed by atoms with Gasteiger partial charge in [-0.15, -0.1) is 0 Å². The van der Waals surface area contributed by atoms with E-state index in [2.05, 4.69) is 0 Å². The fourth-order valence-corrected chi connectivity index (χ4v) is 2.08. The average molecular weight is 235 g/mol. The number of carboxylic acids is 1. The molecule has 1 heterocycles. The van der Waals surface area contributed by atoms with Gasteiger partial charge in [0.25, 0.3) is 0 Å². The number of carboxylic acid groups (broad SMARTS) is 1. The second-order valence-electron chi connectivity index (χ2n) is 4.19. The molecule has 0 radical (unpaired) electrons. The van der Waals surface area contributed by atoms with E-state index in [0.29, 0.717) is 5.69 Å². The van der Waals surface area contributed by atoms with Gasteiger partial charge in [-0.1, -0.05) is 12.1 Å². The highest BCUT2D eigenvalue weighted by atomic mass is 16.4. The lowest BCUT2D eigenvalue weighted by atomic mass is 10.1. The third-order valence-corrected chi connectivity index (χ3v) is 2.96. The van der Waals surface area contributed by atoms with Gasteiger partial charge < -0.3 is 15.1 Å². The van der Waals surface area contributed by atoms with Crippen LogP contribution in [0.2, 0.25) is 0 Å². The van der Waals surface area contributed by atoms with Crippen LogP contribution in [0, 0.1) is 12.8 Å². The molecule has 1 unspecified atom stereocenters. The normalized spacial score (nSPS) is 19.7. The van der Waals surface area contributed by atoms with Gasteiger partial charge >= 0.3 is 5.97 Å². The number of carbonyl (C=O) groups excluding carboxylic acids is 1. The van der Waals surface area contributed by atoms with E-state index in [1.54, 1.807) is 19.1 Å². The number of phenols is 1. The number of benzene rings is 1. The number of para-hydroxylation sites is 1. The van der Waals surface area contributed by atoms with Crippen LogP contribution in [0.1, 0.15) is 12.0 Å². The van der Waals surface area contributed by atoms with Crippen molar-refractivity contribution in [3.63, 3.8) is 0 Å². The summed E-state index contributed by atoms with van der Waals surface area (Å²) in [4.78, 5) is 23.9. The lowest BCUT2D eigenvalue weighted by molar-refractivity contribution is -0.141.